The molecule has 21 heavy (non-hydrogen) atoms. The van der Waals surface area contributed by atoms with Crippen LogP contribution in [0.3, 0.4) is 0 Å². The molecule has 0 spiro atoms. The van der Waals surface area contributed by atoms with E-state index in [-0.39, 0.29) is 18.2 Å². The molecule has 0 aromatic rings. The van der Waals surface area contributed by atoms with E-state index in [0.29, 0.717) is 13.0 Å². The Balaban J connectivity index is 2.55. The Morgan fingerprint density at radius 1 is 1.05 bits per heavy atom. The van der Waals surface area contributed by atoms with E-state index in [4.69, 9.17) is 9.47 Å². The van der Waals surface area contributed by atoms with E-state index in [2.05, 4.69) is 5.32 Å². The van der Waals surface area contributed by atoms with Gasteiger partial charge in [-0.05, 0) is 54.9 Å². The maximum atomic E-state index is 12.1. The lowest BCUT2D eigenvalue weighted by atomic mass is 10.1. The van der Waals surface area contributed by atoms with Crippen LogP contribution in [0, 0.1) is 0 Å². The number of carbonyl (C=O) groups excluding carboxylic acids is 2. The van der Waals surface area contributed by atoms with Crippen LogP contribution in [-0.2, 0) is 9.47 Å². The Labute approximate surface area is 127 Å². The van der Waals surface area contributed by atoms with Gasteiger partial charge in [0.2, 0.25) is 0 Å². The molecule has 0 bridgehead atoms. The van der Waals surface area contributed by atoms with Crippen molar-refractivity contribution in [1.82, 2.24) is 10.2 Å². The van der Waals surface area contributed by atoms with Crippen molar-refractivity contribution < 1.29 is 19.1 Å². The van der Waals surface area contributed by atoms with Gasteiger partial charge in [-0.3, -0.25) is 0 Å². The van der Waals surface area contributed by atoms with Gasteiger partial charge >= 0.3 is 12.2 Å². The van der Waals surface area contributed by atoms with Crippen LogP contribution in [0.4, 0.5) is 9.59 Å². The third kappa shape index (κ3) is 5.81. The van der Waals surface area contributed by atoms with Crippen LogP contribution in [0.5, 0.6) is 0 Å². The summed E-state index contributed by atoms with van der Waals surface area (Å²) < 4.78 is 10.6. The van der Waals surface area contributed by atoms with Gasteiger partial charge in [0.05, 0.1) is 12.1 Å². The number of nitrogens with zero attached hydrogens (tertiary/aromatic N) is 1. The first-order valence-electron chi connectivity index (χ1n) is 7.38. The lowest BCUT2D eigenvalue weighted by molar-refractivity contribution is 0.0217. The SMILES string of the molecule is C[C@H]1[C@@H](NC(=O)OC(C)(C)C)CCN1C(=O)OC(C)(C)C. The number of nitrogens with one attached hydrogen (secondary N) is 1. The van der Waals surface area contributed by atoms with Gasteiger partial charge in [0, 0.05) is 6.54 Å². The van der Waals surface area contributed by atoms with Crippen molar-refractivity contribution in [3.63, 3.8) is 0 Å². The molecule has 0 unspecified atom stereocenters. The number of likely N-dealkylation sites (tertiary alicyclic amines) is 1. The first-order valence-corrected chi connectivity index (χ1v) is 7.38. The quantitative estimate of drug-likeness (QED) is 0.808. The van der Waals surface area contributed by atoms with E-state index >= 15 is 0 Å². The van der Waals surface area contributed by atoms with E-state index in [1.807, 2.05) is 48.5 Å². The van der Waals surface area contributed by atoms with Crippen molar-refractivity contribution in [2.75, 3.05) is 6.54 Å². The molecule has 1 fully saturated rings. The number of hydrogen-bond donors (Lipinski definition) is 1. The molecule has 2 amide bonds. The highest BCUT2D eigenvalue weighted by atomic mass is 16.6. The Morgan fingerprint density at radius 3 is 2.05 bits per heavy atom. The van der Waals surface area contributed by atoms with Crippen molar-refractivity contribution in [2.45, 2.75) is 78.2 Å². The first kappa shape index (κ1) is 17.6. The topological polar surface area (TPSA) is 67.9 Å². The fraction of sp³-hybridized carbons (Fsp3) is 0.867. The molecule has 2 atom stereocenters. The van der Waals surface area contributed by atoms with Crippen molar-refractivity contribution in [3.05, 3.63) is 0 Å². The van der Waals surface area contributed by atoms with Crippen molar-refractivity contribution >= 4 is 12.2 Å². The zero-order valence-electron chi connectivity index (χ0n) is 14.1. The van der Waals surface area contributed by atoms with Gasteiger partial charge in [-0.15, -0.1) is 0 Å². The Morgan fingerprint density at radius 2 is 1.57 bits per heavy atom. The highest BCUT2D eigenvalue weighted by molar-refractivity contribution is 5.71. The summed E-state index contributed by atoms with van der Waals surface area (Å²) in [6, 6.07) is -0.236. The van der Waals surface area contributed by atoms with Gasteiger partial charge < -0.3 is 19.7 Å². The second kappa shape index (κ2) is 6.12. The molecular formula is C15H28N2O4. The maximum Gasteiger partial charge on any atom is 0.410 e. The van der Waals surface area contributed by atoms with Crippen LogP contribution < -0.4 is 5.32 Å². The summed E-state index contributed by atoms with van der Waals surface area (Å²) in [4.78, 5) is 25.5. The van der Waals surface area contributed by atoms with Crippen LogP contribution in [0.15, 0.2) is 0 Å². The lowest BCUT2D eigenvalue weighted by Crippen LogP contribution is -2.47. The summed E-state index contributed by atoms with van der Waals surface area (Å²) >= 11 is 0. The van der Waals surface area contributed by atoms with Gasteiger partial charge in [0.15, 0.2) is 0 Å². The van der Waals surface area contributed by atoms with Gasteiger partial charge in [-0.25, -0.2) is 9.59 Å². The van der Waals surface area contributed by atoms with Crippen molar-refractivity contribution in [2.24, 2.45) is 0 Å². The summed E-state index contributed by atoms with van der Waals surface area (Å²) in [5.74, 6) is 0. The van der Waals surface area contributed by atoms with Gasteiger partial charge in [-0.1, -0.05) is 0 Å². The molecule has 6 nitrogen and oxygen atoms in total. The highest BCUT2D eigenvalue weighted by Gasteiger charge is 2.37. The van der Waals surface area contributed by atoms with E-state index < -0.39 is 17.3 Å². The minimum atomic E-state index is -0.531. The molecule has 1 aliphatic rings. The summed E-state index contributed by atoms with van der Waals surface area (Å²) in [5, 5.41) is 2.82. The Hall–Kier alpha value is -1.46. The highest BCUT2D eigenvalue weighted by Crippen LogP contribution is 2.21. The average Bonchev–Trinajstić information content (AvgIpc) is 2.55. The molecule has 1 heterocycles. The number of ether oxygens (including phenoxy) is 2. The van der Waals surface area contributed by atoms with Gasteiger partial charge in [0.1, 0.15) is 11.2 Å². The van der Waals surface area contributed by atoms with Crippen LogP contribution in [0.1, 0.15) is 54.9 Å². The molecule has 1 aliphatic heterocycles. The number of hydrogen-bond acceptors (Lipinski definition) is 4. The number of carbonyl (C=O) groups is 2. The standard InChI is InChI=1S/C15H28N2O4/c1-10-11(16-12(18)20-14(2,3)4)8-9-17(10)13(19)21-15(5,6)7/h10-11H,8-9H2,1-7H3,(H,16,18)/t10-,11-/m0/s1. The summed E-state index contributed by atoms with van der Waals surface area (Å²) in [5.41, 5.74) is -1.05. The first-order chi connectivity index (χ1) is 9.39. The Bertz CT molecular complexity index is 395. The van der Waals surface area contributed by atoms with E-state index in [9.17, 15) is 9.59 Å². The largest absolute Gasteiger partial charge is 0.444 e. The van der Waals surface area contributed by atoms with Gasteiger partial charge in [0.25, 0.3) is 0 Å². The van der Waals surface area contributed by atoms with E-state index in [1.54, 1.807) is 4.90 Å². The molecule has 1 N–H and O–H groups in total. The van der Waals surface area contributed by atoms with E-state index in [1.165, 1.54) is 0 Å². The van der Waals surface area contributed by atoms with E-state index in [0.717, 1.165) is 0 Å². The monoisotopic (exact) mass is 300 g/mol. The zero-order valence-corrected chi connectivity index (χ0v) is 14.1. The van der Waals surface area contributed by atoms with Crippen LogP contribution in [0.2, 0.25) is 0 Å². The minimum absolute atomic E-state index is 0.118. The normalized spacial score (nSPS) is 22.9. The number of alkyl carbamates (subject to hydrolysis) is 1. The number of rotatable bonds is 1. The third-order valence-electron chi connectivity index (χ3n) is 3.09. The molecule has 0 saturated carbocycles. The van der Waals surface area contributed by atoms with Gasteiger partial charge in [-0.2, -0.15) is 0 Å². The zero-order chi connectivity index (χ0) is 16.4. The molecule has 0 aromatic carbocycles. The molecule has 1 saturated heterocycles. The summed E-state index contributed by atoms with van der Waals surface area (Å²) in [7, 11) is 0. The lowest BCUT2D eigenvalue weighted by Gasteiger charge is -2.29. The molecular weight excluding hydrogens is 272 g/mol. The summed E-state index contributed by atoms with van der Waals surface area (Å²) in [6.45, 7) is 13.4. The molecule has 122 valence electrons. The van der Waals surface area contributed by atoms with Crippen LogP contribution >= 0.6 is 0 Å². The smallest absolute Gasteiger partial charge is 0.410 e. The fourth-order valence-electron chi connectivity index (χ4n) is 2.17. The third-order valence-corrected chi connectivity index (χ3v) is 3.09. The molecule has 0 aromatic heterocycles. The van der Waals surface area contributed by atoms with Crippen LogP contribution in [0.25, 0.3) is 0 Å². The fourth-order valence-corrected chi connectivity index (χ4v) is 2.17. The molecule has 0 aliphatic carbocycles. The minimum Gasteiger partial charge on any atom is -0.444 e. The molecule has 6 heteroatoms. The predicted molar refractivity (Wildman–Crippen MR) is 80.2 cm³/mol. The molecule has 1 rings (SSSR count). The van der Waals surface area contributed by atoms with Crippen molar-refractivity contribution in [3.8, 4) is 0 Å². The van der Waals surface area contributed by atoms with Crippen LogP contribution in [-0.4, -0.2) is 46.9 Å². The Kier molecular flexibility index (Phi) is 5.12. The maximum absolute atomic E-state index is 12.1. The molecule has 0 radical (unpaired) electrons. The predicted octanol–water partition coefficient (Wildman–Crippen LogP) is 2.91. The second-order valence-electron chi connectivity index (χ2n) is 7.46. The number of amides is 2. The summed E-state index contributed by atoms with van der Waals surface area (Å²) in [6.07, 6.45) is -0.103. The van der Waals surface area contributed by atoms with Crippen molar-refractivity contribution in [1.29, 1.82) is 0 Å². The second-order valence-corrected chi connectivity index (χ2v) is 7.46. The average molecular weight is 300 g/mol.